The summed E-state index contributed by atoms with van der Waals surface area (Å²) in [5.41, 5.74) is -1.16. The molecule has 3 atom stereocenters. The topological polar surface area (TPSA) is 78.4 Å². The first-order valence-electron chi connectivity index (χ1n) is 7.21. The summed E-state index contributed by atoms with van der Waals surface area (Å²) < 4.78 is 0. The molecule has 3 N–H and O–H groups in total. The molecule has 3 unspecified atom stereocenters. The molecule has 1 aliphatic rings. The van der Waals surface area contributed by atoms with Crippen molar-refractivity contribution in [1.29, 1.82) is 0 Å². The van der Waals surface area contributed by atoms with Crippen molar-refractivity contribution in [2.75, 3.05) is 6.54 Å². The second-order valence-corrected chi connectivity index (χ2v) is 5.68. The lowest BCUT2D eigenvalue weighted by Gasteiger charge is -2.32. The van der Waals surface area contributed by atoms with Gasteiger partial charge in [-0.1, -0.05) is 26.7 Å². The van der Waals surface area contributed by atoms with Crippen LogP contribution >= 0.6 is 0 Å². The van der Waals surface area contributed by atoms with E-state index < -0.39 is 11.5 Å². The van der Waals surface area contributed by atoms with Gasteiger partial charge in [-0.3, -0.25) is 4.79 Å². The average molecular weight is 270 g/mol. The maximum absolute atomic E-state index is 12.2. The van der Waals surface area contributed by atoms with Gasteiger partial charge in [-0.05, 0) is 38.6 Å². The molecular formula is C14H26N2O3. The number of carboxylic acids is 1. The van der Waals surface area contributed by atoms with Crippen LogP contribution in [0, 0.1) is 5.92 Å². The van der Waals surface area contributed by atoms with E-state index in [9.17, 15) is 14.7 Å². The van der Waals surface area contributed by atoms with E-state index in [2.05, 4.69) is 17.6 Å². The molecule has 0 bridgehead atoms. The second kappa shape index (κ2) is 6.89. The fraction of sp³-hybridized carbons (Fsp3) is 0.857. The summed E-state index contributed by atoms with van der Waals surface area (Å²) in [4.78, 5) is 23.5. The molecule has 0 aromatic rings. The molecular weight excluding hydrogens is 244 g/mol. The zero-order chi connectivity index (χ0) is 14.5. The molecule has 0 aromatic heterocycles. The highest BCUT2D eigenvalue weighted by Crippen LogP contribution is 2.20. The van der Waals surface area contributed by atoms with E-state index in [4.69, 9.17) is 0 Å². The van der Waals surface area contributed by atoms with Crippen LogP contribution in [0.15, 0.2) is 0 Å². The molecule has 5 nitrogen and oxygen atoms in total. The summed E-state index contributed by atoms with van der Waals surface area (Å²) in [7, 11) is 0. The van der Waals surface area contributed by atoms with Gasteiger partial charge < -0.3 is 15.7 Å². The molecule has 110 valence electrons. The van der Waals surface area contributed by atoms with Crippen molar-refractivity contribution in [3.63, 3.8) is 0 Å². The van der Waals surface area contributed by atoms with Crippen LogP contribution in [-0.2, 0) is 9.59 Å². The van der Waals surface area contributed by atoms with Crippen molar-refractivity contribution in [2.24, 2.45) is 5.92 Å². The van der Waals surface area contributed by atoms with Crippen LogP contribution in [0.4, 0.5) is 0 Å². The Morgan fingerprint density at radius 3 is 2.63 bits per heavy atom. The Morgan fingerprint density at radius 2 is 2.11 bits per heavy atom. The Labute approximate surface area is 115 Å². The largest absolute Gasteiger partial charge is 0.480 e. The molecule has 5 heteroatoms. The molecule has 1 amide bonds. The van der Waals surface area contributed by atoms with Gasteiger partial charge >= 0.3 is 5.97 Å². The number of amides is 1. The summed E-state index contributed by atoms with van der Waals surface area (Å²) in [5.74, 6) is -0.596. The number of hydrogen-bond acceptors (Lipinski definition) is 3. The van der Waals surface area contributed by atoms with E-state index in [-0.39, 0.29) is 11.9 Å². The van der Waals surface area contributed by atoms with E-state index in [1.54, 1.807) is 6.92 Å². The Kier molecular flexibility index (Phi) is 5.79. The van der Waals surface area contributed by atoms with Crippen LogP contribution in [0.1, 0.15) is 52.9 Å². The SMILES string of the molecule is CCCC(C)(NC(=O)C1CC(CC)CCN1)C(=O)O. The van der Waals surface area contributed by atoms with Crippen molar-refractivity contribution in [3.05, 3.63) is 0 Å². The van der Waals surface area contributed by atoms with E-state index in [0.29, 0.717) is 12.3 Å². The first-order chi connectivity index (χ1) is 8.92. The zero-order valence-electron chi connectivity index (χ0n) is 12.2. The Balaban J connectivity index is 2.64. The van der Waals surface area contributed by atoms with Crippen LogP contribution < -0.4 is 10.6 Å². The Hall–Kier alpha value is -1.10. The number of nitrogens with one attached hydrogen (secondary N) is 2. The van der Waals surface area contributed by atoms with Crippen LogP contribution in [0.5, 0.6) is 0 Å². The molecule has 19 heavy (non-hydrogen) atoms. The van der Waals surface area contributed by atoms with Gasteiger partial charge in [0, 0.05) is 0 Å². The van der Waals surface area contributed by atoms with Crippen molar-refractivity contribution >= 4 is 11.9 Å². The minimum absolute atomic E-state index is 0.184. The minimum atomic E-state index is -1.16. The zero-order valence-corrected chi connectivity index (χ0v) is 12.2. The summed E-state index contributed by atoms with van der Waals surface area (Å²) in [6.07, 6.45) is 4.11. The maximum atomic E-state index is 12.2. The average Bonchev–Trinajstić information content (AvgIpc) is 2.38. The summed E-state index contributed by atoms with van der Waals surface area (Å²) in [6.45, 7) is 6.45. The number of carboxylic acid groups (broad SMARTS) is 1. The fourth-order valence-corrected chi connectivity index (χ4v) is 2.65. The molecule has 1 aliphatic heterocycles. The molecule has 1 rings (SSSR count). The smallest absolute Gasteiger partial charge is 0.329 e. The molecule has 0 aromatic carbocycles. The minimum Gasteiger partial charge on any atom is -0.480 e. The lowest BCUT2D eigenvalue weighted by atomic mass is 9.89. The standard InChI is InChI=1S/C14H26N2O3/c1-4-7-14(3,13(18)19)16-12(17)11-9-10(5-2)6-8-15-11/h10-11,15H,4-9H2,1-3H3,(H,16,17)(H,18,19). The summed E-state index contributed by atoms with van der Waals surface area (Å²) in [6, 6.07) is -0.255. The second-order valence-electron chi connectivity index (χ2n) is 5.68. The Morgan fingerprint density at radius 1 is 1.42 bits per heavy atom. The number of hydrogen-bond donors (Lipinski definition) is 3. The quantitative estimate of drug-likeness (QED) is 0.684. The van der Waals surface area contributed by atoms with Crippen molar-refractivity contribution < 1.29 is 14.7 Å². The third-order valence-corrected chi connectivity index (χ3v) is 4.03. The van der Waals surface area contributed by atoms with Gasteiger partial charge in [0.1, 0.15) is 5.54 Å². The van der Waals surface area contributed by atoms with Gasteiger partial charge in [-0.2, -0.15) is 0 Å². The predicted octanol–water partition coefficient (Wildman–Crippen LogP) is 1.52. The fourth-order valence-electron chi connectivity index (χ4n) is 2.65. The van der Waals surface area contributed by atoms with Crippen molar-refractivity contribution in [3.8, 4) is 0 Å². The molecule has 0 aliphatic carbocycles. The Bertz CT molecular complexity index is 333. The molecule has 1 heterocycles. The molecule has 0 radical (unpaired) electrons. The van der Waals surface area contributed by atoms with Crippen molar-refractivity contribution in [2.45, 2.75) is 64.5 Å². The first kappa shape index (κ1) is 16.0. The number of piperidine rings is 1. The summed E-state index contributed by atoms with van der Waals surface area (Å²) >= 11 is 0. The van der Waals surface area contributed by atoms with Crippen LogP contribution in [0.2, 0.25) is 0 Å². The lowest BCUT2D eigenvalue weighted by molar-refractivity contribution is -0.147. The molecule has 0 spiro atoms. The third kappa shape index (κ3) is 4.20. The van der Waals surface area contributed by atoms with E-state index in [0.717, 1.165) is 32.2 Å². The molecule has 1 saturated heterocycles. The highest BCUT2D eigenvalue weighted by Gasteiger charge is 2.36. The number of aliphatic carboxylic acids is 1. The van der Waals surface area contributed by atoms with Gasteiger partial charge in [-0.25, -0.2) is 4.79 Å². The molecule has 1 fully saturated rings. The highest BCUT2D eigenvalue weighted by atomic mass is 16.4. The van der Waals surface area contributed by atoms with E-state index >= 15 is 0 Å². The lowest BCUT2D eigenvalue weighted by Crippen LogP contribution is -2.58. The first-order valence-corrected chi connectivity index (χ1v) is 7.21. The van der Waals surface area contributed by atoms with Crippen LogP contribution in [0.25, 0.3) is 0 Å². The van der Waals surface area contributed by atoms with Gasteiger partial charge in [0.05, 0.1) is 6.04 Å². The summed E-state index contributed by atoms with van der Waals surface area (Å²) in [5, 5.41) is 15.2. The van der Waals surface area contributed by atoms with Crippen LogP contribution in [-0.4, -0.2) is 35.1 Å². The maximum Gasteiger partial charge on any atom is 0.329 e. The highest BCUT2D eigenvalue weighted by molar-refractivity contribution is 5.89. The number of rotatable bonds is 6. The predicted molar refractivity (Wildman–Crippen MR) is 73.9 cm³/mol. The third-order valence-electron chi connectivity index (χ3n) is 4.03. The number of carbonyl (C=O) groups excluding carboxylic acids is 1. The normalized spacial score (nSPS) is 26.5. The van der Waals surface area contributed by atoms with Gasteiger partial charge in [0.15, 0.2) is 0 Å². The number of carbonyl (C=O) groups is 2. The van der Waals surface area contributed by atoms with E-state index in [1.807, 2.05) is 6.92 Å². The van der Waals surface area contributed by atoms with Gasteiger partial charge in [0.25, 0.3) is 0 Å². The van der Waals surface area contributed by atoms with Gasteiger partial charge in [0.2, 0.25) is 5.91 Å². The van der Waals surface area contributed by atoms with Gasteiger partial charge in [-0.15, -0.1) is 0 Å². The van der Waals surface area contributed by atoms with E-state index in [1.165, 1.54) is 0 Å². The monoisotopic (exact) mass is 270 g/mol. The molecule has 0 saturated carbocycles. The van der Waals surface area contributed by atoms with Crippen molar-refractivity contribution in [1.82, 2.24) is 10.6 Å². The van der Waals surface area contributed by atoms with Crippen LogP contribution in [0.3, 0.4) is 0 Å².